The van der Waals surface area contributed by atoms with E-state index in [4.69, 9.17) is 14.6 Å². The topological polar surface area (TPSA) is 78.5 Å². The monoisotopic (exact) mass is 517 g/mol. The Balaban J connectivity index is 1.82. The van der Waals surface area contributed by atoms with Crippen LogP contribution in [-0.4, -0.2) is 39.1 Å². The summed E-state index contributed by atoms with van der Waals surface area (Å²) in [6, 6.07) is 28.9. The van der Waals surface area contributed by atoms with Crippen LogP contribution in [0.15, 0.2) is 91.0 Å². The molecule has 6 aromatic rings. The highest BCUT2D eigenvalue weighted by Gasteiger charge is 2.29. The molecule has 6 rings (SSSR count). The standard InChI is InChI=1S/C32H27N3O4/c1-4-39-32(37)27-20(2)34(22-15-17-24(38-3)18-16-22)30-25(27)19-26(36)31-28(30)29(21-11-7-5-8-12-21)33-35(31)23-13-9-6-10-14-23/h5-19,36H,4H2,1-3H3. The summed E-state index contributed by atoms with van der Waals surface area (Å²) >= 11 is 0. The number of hydrogen-bond acceptors (Lipinski definition) is 5. The van der Waals surface area contributed by atoms with E-state index in [-0.39, 0.29) is 12.4 Å². The Hall–Kier alpha value is -5.04. The number of phenolic OH excluding ortho intramolecular Hbond substituents is 1. The Morgan fingerprint density at radius 1 is 0.897 bits per heavy atom. The van der Waals surface area contributed by atoms with Gasteiger partial charge in [-0.05, 0) is 56.3 Å². The molecule has 2 aromatic heterocycles. The van der Waals surface area contributed by atoms with Gasteiger partial charge in [-0.15, -0.1) is 0 Å². The highest BCUT2D eigenvalue weighted by atomic mass is 16.5. The number of hydrogen-bond donors (Lipinski definition) is 1. The van der Waals surface area contributed by atoms with Gasteiger partial charge in [0.05, 0.1) is 35.9 Å². The number of fused-ring (bicyclic) bond motifs is 3. The second-order valence-corrected chi connectivity index (χ2v) is 9.19. The summed E-state index contributed by atoms with van der Waals surface area (Å²) in [5.74, 6) is 0.305. The van der Waals surface area contributed by atoms with Crippen LogP contribution >= 0.6 is 0 Å². The van der Waals surface area contributed by atoms with Crippen molar-refractivity contribution in [3.63, 3.8) is 0 Å². The van der Waals surface area contributed by atoms with Crippen molar-refractivity contribution >= 4 is 27.8 Å². The van der Waals surface area contributed by atoms with Crippen molar-refractivity contribution in [1.82, 2.24) is 14.3 Å². The van der Waals surface area contributed by atoms with Gasteiger partial charge in [-0.1, -0.05) is 48.5 Å². The first-order valence-electron chi connectivity index (χ1n) is 12.8. The molecule has 0 aliphatic rings. The molecule has 7 heteroatoms. The molecule has 0 bridgehead atoms. The molecule has 0 atom stereocenters. The Bertz CT molecular complexity index is 1820. The maximum Gasteiger partial charge on any atom is 0.340 e. The van der Waals surface area contributed by atoms with Gasteiger partial charge in [-0.25, -0.2) is 9.48 Å². The summed E-state index contributed by atoms with van der Waals surface area (Å²) < 4.78 is 14.6. The van der Waals surface area contributed by atoms with Crippen molar-refractivity contribution in [3.8, 4) is 34.1 Å². The number of carbonyl (C=O) groups excluding carboxylic acids is 1. The van der Waals surface area contributed by atoms with Crippen LogP contribution in [0.25, 0.3) is 44.4 Å². The number of methoxy groups -OCH3 is 1. The molecule has 2 heterocycles. The third-order valence-electron chi connectivity index (χ3n) is 6.95. The molecule has 0 saturated carbocycles. The number of rotatable bonds is 6. The number of esters is 1. The van der Waals surface area contributed by atoms with Crippen LogP contribution in [-0.2, 0) is 4.74 Å². The molecule has 1 N–H and O–H groups in total. The SMILES string of the molecule is CCOC(=O)c1c(C)n(-c2ccc(OC)cc2)c2c1cc(O)c1c2c(-c2ccccc2)nn1-c1ccccc1. The minimum Gasteiger partial charge on any atom is -0.506 e. The molecule has 0 amide bonds. The van der Waals surface area contributed by atoms with Crippen molar-refractivity contribution < 1.29 is 19.4 Å². The molecule has 0 unspecified atom stereocenters. The van der Waals surface area contributed by atoms with E-state index in [2.05, 4.69) is 0 Å². The van der Waals surface area contributed by atoms with E-state index in [1.165, 1.54) is 0 Å². The van der Waals surface area contributed by atoms with Crippen LogP contribution in [0.1, 0.15) is 23.0 Å². The number of benzene rings is 4. The number of phenols is 1. The third kappa shape index (κ3) is 3.90. The van der Waals surface area contributed by atoms with E-state index in [0.29, 0.717) is 27.9 Å². The van der Waals surface area contributed by atoms with Gasteiger partial charge in [-0.2, -0.15) is 5.10 Å². The fourth-order valence-corrected chi connectivity index (χ4v) is 5.25. The molecule has 7 nitrogen and oxygen atoms in total. The first-order chi connectivity index (χ1) is 19.0. The molecule has 0 spiro atoms. The summed E-state index contributed by atoms with van der Waals surface area (Å²) in [5, 5.41) is 17.9. The largest absolute Gasteiger partial charge is 0.506 e. The van der Waals surface area contributed by atoms with Gasteiger partial charge in [0.15, 0.2) is 0 Å². The van der Waals surface area contributed by atoms with Crippen LogP contribution in [0.3, 0.4) is 0 Å². The second kappa shape index (κ2) is 9.68. The van der Waals surface area contributed by atoms with E-state index in [1.54, 1.807) is 24.8 Å². The molecule has 0 radical (unpaired) electrons. The maximum atomic E-state index is 13.3. The number of nitrogens with zero attached hydrogens (tertiary/aromatic N) is 3. The van der Waals surface area contributed by atoms with E-state index in [1.807, 2.05) is 96.4 Å². The predicted molar refractivity (Wildman–Crippen MR) is 152 cm³/mol. The van der Waals surface area contributed by atoms with Crippen molar-refractivity contribution in [2.75, 3.05) is 13.7 Å². The van der Waals surface area contributed by atoms with Crippen LogP contribution < -0.4 is 4.74 Å². The molecular weight excluding hydrogens is 490 g/mol. The Kier molecular flexibility index (Phi) is 6.04. The summed E-state index contributed by atoms with van der Waals surface area (Å²) in [6.45, 7) is 3.91. The van der Waals surface area contributed by atoms with Gasteiger partial charge in [-0.3, -0.25) is 0 Å². The highest BCUT2D eigenvalue weighted by Crippen LogP contribution is 2.44. The summed E-state index contributed by atoms with van der Waals surface area (Å²) in [6.07, 6.45) is 0. The van der Waals surface area contributed by atoms with Crippen LogP contribution in [0.2, 0.25) is 0 Å². The molecule has 0 aliphatic heterocycles. The average molecular weight is 518 g/mol. The molecule has 0 fully saturated rings. The fourth-order valence-electron chi connectivity index (χ4n) is 5.25. The fraction of sp³-hybridized carbons (Fsp3) is 0.125. The number of aromatic hydroxyl groups is 1. The summed E-state index contributed by atoms with van der Waals surface area (Å²) in [7, 11) is 1.63. The third-order valence-corrected chi connectivity index (χ3v) is 6.95. The van der Waals surface area contributed by atoms with Crippen LogP contribution in [0.4, 0.5) is 0 Å². The predicted octanol–water partition coefficient (Wildman–Crippen LogP) is 6.84. The minimum atomic E-state index is -0.442. The molecule has 39 heavy (non-hydrogen) atoms. The van der Waals surface area contributed by atoms with Crippen LogP contribution in [0.5, 0.6) is 11.5 Å². The lowest BCUT2D eigenvalue weighted by Gasteiger charge is -2.12. The Morgan fingerprint density at radius 2 is 1.56 bits per heavy atom. The lowest BCUT2D eigenvalue weighted by Crippen LogP contribution is -2.07. The van der Waals surface area contributed by atoms with Crippen molar-refractivity contribution in [3.05, 3.63) is 102 Å². The van der Waals surface area contributed by atoms with E-state index >= 15 is 0 Å². The Labute approximate surface area is 225 Å². The number of para-hydroxylation sites is 1. The molecule has 4 aromatic carbocycles. The zero-order valence-corrected chi connectivity index (χ0v) is 21.9. The van der Waals surface area contributed by atoms with E-state index in [9.17, 15) is 9.90 Å². The van der Waals surface area contributed by atoms with Gasteiger partial charge < -0.3 is 19.1 Å². The van der Waals surface area contributed by atoms with Crippen molar-refractivity contribution in [1.29, 1.82) is 0 Å². The normalized spacial score (nSPS) is 11.3. The smallest absolute Gasteiger partial charge is 0.340 e. The molecule has 0 saturated heterocycles. The minimum absolute atomic E-state index is 0.0217. The van der Waals surface area contributed by atoms with Gasteiger partial charge in [0.1, 0.15) is 22.7 Å². The van der Waals surface area contributed by atoms with Gasteiger partial charge >= 0.3 is 5.97 Å². The zero-order chi connectivity index (χ0) is 27.1. The average Bonchev–Trinajstić information content (AvgIpc) is 3.50. The van der Waals surface area contributed by atoms with Crippen molar-refractivity contribution in [2.24, 2.45) is 0 Å². The number of ether oxygens (including phenoxy) is 2. The van der Waals surface area contributed by atoms with E-state index < -0.39 is 5.97 Å². The van der Waals surface area contributed by atoms with Gasteiger partial charge in [0.2, 0.25) is 0 Å². The first-order valence-corrected chi connectivity index (χ1v) is 12.8. The van der Waals surface area contributed by atoms with Gasteiger partial charge in [0.25, 0.3) is 0 Å². The first kappa shape index (κ1) is 24.3. The van der Waals surface area contributed by atoms with E-state index in [0.717, 1.165) is 33.6 Å². The van der Waals surface area contributed by atoms with Crippen molar-refractivity contribution in [2.45, 2.75) is 13.8 Å². The molecule has 0 aliphatic carbocycles. The number of aromatic nitrogens is 3. The zero-order valence-electron chi connectivity index (χ0n) is 21.9. The quantitative estimate of drug-likeness (QED) is 0.245. The maximum absolute atomic E-state index is 13.3. The van der Waals surface area contributed by atoms with Crippen LogP contribution in [0, 0.1) is 6.92 Å². The molecular formula is C32H27N3O4. The van der Waals surface area contributed by atoms with Gasteiger partial charge in [0, 0.05) is 22.3 Å². The second-order valence-electron chi connectivity index (χ2n) is 9.19. The summed E-state index contributed by atoms with van der Waals surface area (Å²) in [5.41, 5.74) is 5.65. The highest BCUT2D eigenvalue weighted by molar-refractivity contribution is 6.20. The number of carbonyl (C=O) groups is 1. The molecule has 194 valence electrons. The summed E-state index contributed by atoms with van der Waals surface area (Å²) in [4.78, 5) is 13.3. The Morgan fingerprint density at radius 3 is 2.21 bits per heavy atom. The lowest BCUT2D eigenvalue weighted by molar-refractivity contribution is 0.0527. The lowest BCUT2D eigenvalue weighted by atomic mass is 10.0.